The molecule has 1 aromatic rings. The fourth-order valence-corrected chi connectivity index (χ4v) is 4.02. The van der Waals surface area contributed by atoms with E-state index in [0.29, 0.717) is 24.6 Å². The summed E-state index contributed by atoms with van der Waals surface area (Å²) in [6.45, 7) is 5.22. The highest BCUT2D eigenvalue weighted by atomic mass is 32.2. The van der Waals surface area contributed by atoms with Gasteiger partial charge in [-0.2, -0.15) is 0 Å². The lowest BCUT2D eigenvalue weighted by Crippen LogP contribution is -2.33. The minimum Gasteiger partial charge on any atom is -0.467 e. The van der Waals surface area contributed by atoms with Crippen molar-refractivity contribution in [3.8, 4) is 0 Å². The van der Waals surface area contributed by atoms with Crippen LogP contribution >= 0.6 is 0 Å². The first kappa shape index (κ1) is 17.5. The van der Waals surface area contributed by atoms with Crippen molar-refractivity contribution in [3.63, 3.8) is 0 Å². The SMILES string of the molecule is CC(C)S(=O)(=O)CCCN1CCCC1CC(O)c1ccco1. The first-order valence-electron chi connectivity index (χ1n) is 8.07. The van der Waals surface area contributed by atoms with Crippen molar-refractivity contribution in [2.24, 2.45) is 0 Å². The predicted molar refractivity (Wildman–Crippen MR) is 86.4 cm³/mol. The number of hydrogen-bond acceptors (Lipinski definition) is 5. The number of sulfone groups is 1. The standard InChI is InChI=1S/C16H27NO4S/c1-13(2)22(19,20)11-5-9-17-8-3-6-14(17)12-15(18)16-7-4-10-21-16/h4,7,10,13-15,18H,3,5-6,8-9,11-12H2,1-2H3. The molecular weight excluding hydrogens is 302 g/mol. The molecule has 0 saturated carbocycles. The summed E-state index contributed by atoms with van der Waals surface area (Å²) >= 11 is 0. The van der Waals surface area contributed by atoms with Crippen LogP contribution in [0.2, 0.25) is 0 Å². The molecule has 1 saturated heterocycles. The van der Waals surface area contributed by atoms with Gasteiger partial charge in [-0.15, -0.1) is 0 Å². The van der Waals surface area contributed by atoms with Gasteiger partial charge in [0.15, 0.2) is 9.84 Å². The Kier molecular flexibility index (Phi) is 6.06. The number of aliphatic hydroxyl groups excluding tert-OH is 1. The highest BCUT2D eigenvalue weighted by Crippen LogP contribution is 2.27. The maximum atomic E-state index is 11.8. The van der Waals surface area contributed by atoms with Crippen molar-refractivity contribution < 1.29 is 17.9 Å². The average Bonchev–Trinajstić information content (AvgIpc) is 3.10. The molecule has 2 rings (SSSR count). The fraction of sp³-hybridized carbons (Fsp3) is 0.750. The van der Waals surface area contributed by atoms with Crippen molar-refractivity contribution in [2.75, 3.05) is 18.8 Å². The zero-order chi connectivity index (χ0) is 16.2. The molecule has 2 atom stereocenters. The Balaban J connectivity index is 1.81. The summed E-state index contributed by atoms with van der Waals surface area (Å²) in [5, 5.41) is 9.90. The van der Waals surface area contributed by atoms with Crippen LogP contribution in [0.3, 0.4) is 0 Å². The van der Waals surface area contributed by atoms with Crippen LogP contribution in [0.15, 0.2) is 22.8 Å². The van der Waals surface area contributed by atoms with E-state index in [-0.39, 0.29) is 11.0 Å². The maximum absolute atomic E-state index is 11.8. The Labute approximate surface area is 133 Å². The highest BCUT2D eigenvalue weighted by molar-refractivity contribution is 7.91. The minimum atomic E-state index is -2.96. The molecule has 1 N–H and O–H groups in total. The van der Waals surface area contributed by atoms with E-state index in [1.807, 2.05) is 0 Å². The number of aliphatic hydroxyl groups is 1. The lowest BCUT2D eigenvalue weighted by molar-refractivity contribution is 0.102. The quantitative estimate of drug-likeness (QED) is 0.793. The van der Waals surface area contributed by atoms with Gasteiger partial charge in [-0.25, -0.2) is 8.42 Å². The van der Waals surface area contributed by atoms with E-state index >= 15 is 0 Å². The molecule has 1 fully saturated rings. The predicted octanol–water partition coefficient (Wildman–Crippen LogP) is 2.38. The van der Waals surface area contributed by atoms with Crippen LogP contribution in [0, 0.1) is 0 Å². The normalized spacial score (nSPS) is 21.5. The molecule has 0 amide bonds. The molecule has 2 unspecified atom stereocenters. The topological polar surface area (TPSA) is 70.8 Å². The second-order valence-corrected chi connectivity index (χ2v) is 9.05. The van der Waals surface area contributed by atoms with Crippen LogP contribution in [0.1, 0.15) is 51.4 Å². The van der Waals surface area contributed by atoms with Gasteiger partial charge in [-0.05, 0) is 64.8 Å². The Morgan fingerprint density at radius 1 is 1.45 bits per heavy atom. The Morgan fingerprint density at radius 3 is 2.86 bits per heavy atom. The second-order valence-electron chi connectivity index (χ2n) is 6.37. The van der Waals surface area contributed by atoms with Crippen LogP contribution in [0.4, 0.5) is 0 Å². The highest BCUT2D eigenvalue weighted by Gasteiger charge is 2.28. The van der Waals surface area contributed by atoms with Crippen LogP contribution in [0.5, 0.6) is 0 Å². The van der Waals surface area contributed by atoms with Crippen LogP contribution in [-0.2, 0) is 9.84 Å². The smallest absolute Gasteiger partial charge is 0.152 e. The minimum absolute atomic E-state index is 0.245. The summed E-state index contributed by atoms with van der Waals surface area (Å²) in [5.41, 5.74) is 0. The summed E-state index contributed by atoms with van der Waals surface area (Å²) in [6.07, 6.45) is 4.45. The molecule has 5 nitrogen and oxygen atoms in total. The Morgan fingerprint density at radius 2 is 2.23 bits per heavy atom. The number of nitrogens with zero attached hydrogens (tertiary/aromatic N) is 1. The van der Waals surface area contributed by atoms with Crippen molar-refractivity contribution in [1.82, 2.24) is 4.90 Å². The molecule has 0 radical (unpaired) electrons. The molecule has 0 spiro atoms. The van der Waals surface area contributed by atoms with E-state index in [4.69, 9.17) is 4.42 Å². The largest absolute Gasteiger partial charge is 0.467 e. The summed E-state index contributed by atoms with van der Waals surface area (Å²) < 4.78 is 28.9. The number of furan rings is 1. The Bertz CT molecular complexity index is 539. The van der Waals surface area contributed by atoms with Crippen LogP contribution < -0.4 is 0 Å². The van der Waals surface area contributed by atoms with Gasteiger partial charge >= 0.3 is 0 Å². The van der Waals surface area contributed by atoms with Gasteiger partial charge in [-0.3, -0.25) is 0 Å². The van der Waals surface area contributed by atoms with Crippen molar-refractivity contribution in [2.45, 2.75) is 56.9 Å². The van der Waals surface area contributed by atoms with Crippen LogP contribution in [0.25, 0.3) is 0 Å². The number of rotatable bonds is 8. The molecule has 0 bridgehead atoms. The van der Waals surface area contributed by atoms with Gasteiger partial charge in [0.1, 0.15) is 11.9 Å². The molecular formula is C16H27NO4S. The van der Waals surface area contributed by atoms with E-state index in [1.165, 1.54) is 0 Å². The lowest BCUT2D eigenvalue weighted by atomic mass is 10.1. The molecule has 2 heterocycles. The van der Waals surface area contributed by atoms with E-state index in [2.05, 4.69) is 4.90 Å². The van der Waals surface area contributed by atoms with Gasteiger partial charge < -0.3 is 14.4 Å². The van der Waals surface area contributed by atoms with E-state index in [0.717, 1.165) is 25.9 Å². The molecule has 1 aliphatic rings. The maximum Gasteiger partial charge on any atom is 0.152 e. The third-order valence-electron chi connectivity index (χ3n) is 4.46. The summed E-state index contributed by atoms with van der Waals surface area (Å²) in [4.78, 5) is 2.31. The molecule has 0 aliphatic carbocycles. The van der Waals surface area contributed by atoms with Crippen molar-refractivity contribution in [3.05, 3.63) is 24.2 Å². The molecule has 1 aliphatic heterocycles. The van der Waals surface area contributed by atoms with Crippen molar-refractivity contribution >= 4 is 9.84 Å². The molecule has 126 valence electrons. The first-order chi connectivity index (χ1) is 10.4. The fourth-order valence-electron chi connectivity index (χ4n) is 3.02. The lowest BCUT2D eigenvalue weighted by Gasteiger charge is -2.26. The van der Waals surface area contributed by atoms with Gasteiger partial charge in [0.25, 0.3) is 0 Å². The number of hydrogen-bond donors (Lipinski definition) is 1. The van der Waals surface area contributed by atoms with E-state index in [1.54, 1.807) is 32.2 Å². The molecule has 6 heteroatoms. The molecule has 22 heavy (non-hydrogen) atoms. The monoisotopic (exact) mass is 329 g/mol. The van der Waals surface area contributed by atoms with Crippen molar-refractivity contribution in [1.29, 1.82) is 0 Å². The first-order valence-corrected chi connectivity index (χ1v) is 9.79. The molecule has 1 aromatic heterocycles. The van der Waals surface area contributed by atoms with Gasteiger partial charge in [0.05, 0.1) is 17.3 Å². The Hall–Kier alpha value is -0.850. The third kappa shape index (κ3) is 4.57. The third-order valence-corrected chi connectivity index (χ3v) is 6.75. The summed E-state index contributed by atoms with van der Waals surface area (Å²) in [5.74, 6) is 0.850. The second kappa shape index (κ2) is 7.62. The summed E-state index contributed by atoms with van der Waals surface area (Å²) in [6, 6.07) is 3.88. The number of likely N-dealkylation sites (tertiary alicyclic amines) is 1. The van der Waals surface area contributed by atoms with E-state index in [9.17, 15) is 13.5 Å². The van der Waals surface area contributed by atoms with Crippen LogP contribution in [-0.4, -0.2) is 48.6 Å². The zero-order valence-electron chi connectivity index (χ0n) is 13.4. The average molecular weight is 329 g/mol. The van der Waals surface area contributed by atoms with Gasteiger partial charge in [0, 0.05) is 6.04 Å². The van der Waals surface area contributed by atoms with Gasteiger partial charge in [-0.1, -0.05) is 0 Å². The summed E-state index contributed by atoms with van der Waals surface area (Å²) in [7, 11) is -2.96. The zero-order valence-corrected chi connectivity index (χ0v) is 14.3. The van der Waals surface area contributed by atoms with E-state index < -0.39 is 15.9 Å². The molecule has 0 aromatic carbocycles. The van der Waals surface area contributed by atoms with Gasteiger partial charge in [0.2, 0.25) is 0 Å².